The average Bonchev–Trinajstić information content (AvgIpc) is 3.87. The molecule has 0 saturated carbocycles. The van der Waals surface area contributed by atoms with Crippen molar-refractivity contribution in [1.29, 1.82) is 0 Å². The number of ether oxygens (including phenoxy) is 2. The third-order valence-corrected chi connectivity index (χ3v) is 15.9. The number of rotatable bonds is 12. The summed E-state index contributed by atoms with van der Waals surface area (Å²) < 4.78 is 39.2. The lowest BCUT2D eigenvalue weighted by atomic mass is 9.81. The van der Waals surface area contributed by atoms with E-state index < -0.39 is 43.9 Å². The summed E-state index contributed by atoms with van der Waals surface area (Å²) in [5, 5.41) is 30.4. The van der Waals surface area contributed by atoms with E-state index in [-0.39, 0.29) is 41.1 Å². The van der Waals surface area contributed by atoms with E-state index in [1.54, 1.807) is 18.2 Å². The number of carboxylic acid groups (broad SMARTS) is 1. The minimum absolute atomic E-state index is 0.0417. The Hall–Kier alpha value is -6.15. The molecule has 5 atom stereocenters. The number of unbranched alkanes of at least 4 members (excludes halogenated alkanes) is 3. The van der Waals surface area contributed by atoms with E-state index >= 15 is 0 Å². The third-order valence-electron chi connectivity index (χ3n) is 14.9. The molecule has 1 unspecified atom stereocenters. The first-order chi connectivity index (χ1) is 33.9. The Balaban J connectivity index is 0.769. The first-order valence-electron chi connectivity index (χ1n) is 24.5. The minimum Gasteiger partial charge on any atom is -0.478 e. The van der Waals surface area contributed by atoms with Gasteiger partial charge in [-0.1, -0.05) is 12.8 Å². The third kappa shape index (κ3) is 7.67. The van der Waals surface area contributed by atoms with Crippen molar-refractivity contribution in [3.05, 3.63) is 95.8 Å². The van der Waals surface area contributed by atoms with E-state index in [1.165, 1.54) is 37.9 Å². The molecule has 12 rings (SSSR count). The molecule has 8 N–H and O–H groups in total. The number of nitrogens with one attached hydrogen (secondary N) is 3. The number of carboxylic acids is 1. The number of hydrogen-bond donors (Lipinski definition) is 7. The highest BCUT2D eigenvalue weighted by Gasteiger charge is 2.53. The van der Waals surface area contributed by atoms with Gasteiger partial charge in [0.25, 0.3) is 11.5 Å². The highest BCUT2D eigenvalue weighted by Crippen LogP contribution is 2.53. The molecule has 3 aromatic carbocycles. The normalized spacial score (nSPS) is 24.0. The predicted octanol–water partition coefficient (Wildman–Crippen LogP) is 3.01. The summed E-state index contributed by atoms with van der Waals surface area (Å²) in [4.78, 5) is 63.5. The van der Waals surface area contributed by atoms with E-state index in [0.29, 0.717) is 37.1 Å². The summed E-state index contributed by atoms with van der Waals surface area (Å²) in [5.74, 6) is 0.280. The van der Waals surface area contributed by atoms with Crippen LogP contribution >= 0.6 is 7.82 Å². The van der Waals surface area contributed by atoms with Gasteiger partial charge < -0.3 is 45.8 Å². The summed E-state index contributed by atoms with van der Waals surface area (Å²) in [6, 6.07) is 9.39. The van der Waals surface area contributed by atoms with Crippen LogP contribution in [0.5, 0.6) is 11.5 Å². The molecule has 2 fully saturated rings. The Morgan fingerprint density at radius 3 is 2.53 bits per heavy atom. The Morgan fingerprint density at radius 1 is 0.929 bits per heavy atom. The molecule has 0 radical (unpaired) electrons. The van der Waals surface area contributed by atoms with Crippen molar-refractivity contribution in [3.8, 4) is 11.5 Å². The van der Waals surface area contributed by atoms with Crippen molar-refractivity contribution in [2.24, 2.45) is 0 Å². The molecule has 70 heavy (non-hydrogen) atoms. The summed E-state index contributed by atoms with van der Waals surface area (Å²) in [6.07, 6.45) is 5.97. The largest absolute Gasteiger partial charge is 0.478 e. The summed E-state index contributed by atoms with van der Waals surface area (Å²) in [6.45, 7) is 4.56. The topological polar surface area (TPSA) is 269 Å². The van der Waals surface area contributed by atoms with E-state index in [9.17, 15) is 34.1 Å². The van der Waals surface area contributed by atoms with Gasteiger partial charge in [-0.15, -0.1) is 0 Å². The number of aryl methyl sites for hydroxylation is 2. The zero-order valence-corrected chi connectivity index (χ0v) is 39.4. The van der Waals surface area contributed by atoms with Gasteiger partial charge in [0.05, 0.1) is 17.7 Å². The molecule has 2 aromatic heterocycles. The fourth-order valence-electron chi connectivity index (χ4n) is 11.9. The molecular weight excluding hydrogens is 922 g/mol. The molecule has 0 spiro atoms. The Morgan fingerprint density at radius 2 is 1.70 bits per heavy atom. The van der Waals surface area contributed by atoms with Gasteiger partial charge in [-0.3, -0.25) is 28.2 Å². The number of phosphoric ester groups is 1. The smallest absolute Gasteiger partial charge is 0.472 e. The van der Waals surface area contributed by atoms with Gasteiger partial charge in [0.1, 0.15) is 42.9 Å². The maximum absolute atomic E-state index is 14.0. The van der Waals surface area contributed by atoms with Gasteiger partial charge in [-0.25, -0.2) is 18.9 Å². The van der Waals surface area contributed by atoms with Crippen molar-refractivity contribution in [2.45, 2.75) is 102 Å². The molecule has 7 aliphatic heterocycles. The molecule has 21 heteroatoms. The molecule has 366 valence electrons. The zero-order chi connectivity index (χ0) is 48.0. The van der Waals surface area contributed by atoms with Gasteiger partial charge in [0.15, 0.2) is 17.4 Å². The van der Waals surface area contributed by atoms with Crippen LogP contribution in [0.1, 0.15) is 112 Å². The number of carbonyl (C=O) groups is 2. The number of aliphatic hydroxyl groups excluding tert-OH is 1. The first-order valence-corrected chi connectivity index (χ1v) is 26.0. The van der Waals surface area contributed by atoms with E-state index in [4.69, 9.17) is 24.3 Å². The number of imidazole rings is 1. The van der Waals surface area contributed by atoms with Crippen LogP contribution in [0.25, 0.3) is 16.7 Å². The number of benzene rings is 3. The number of aromatic amines is 1. The monoisotopic (exact) mass is 976 g/mol. The van der Waals surface area contributed by atoms with Crippen LogP contribution in [-0.4, -0.2) is 111 Å². The Kier molecular flexibility index (Phi) is 11.3. The number of aromatic nitrogens is 4. The van der Waals surface area contributed by atoms with Crippen molar-refractivity contribution in [2.75, 3.05) is 61.8 Å². The molecule has 20 nitrogen and oxygen atoms in total. The van der Waals surface area contributed by atoms with Crippen LogP contribution in [0.4, 0.5) is 17.6 Å². The highest BCUT2D eigenvalue weighted by atomic mass is 31.2. The van der Waals surface area contributed by atoms with Crippen LogP contribution in [-0.2, 0) is 44.0 Å². The van der Waals surface area contributed by atoms with Crippen molar-refractivity contribution < 1.29 is 47.8 Å². The fourth-order valence-corrected chi connectivity index (χ4v) is 12.9. The predicted molar refractivity (Wildman–Crippen MR) is 256 cm³/mol. The number of hydrogen-bond acceptors (Lipinski definition) is 14. The van der Waals surface area contributed by atoms with Crippen LogP contribution in [0.3, 0.4) is 0 Å². The number of nitrogens with zero attached hydrogens (tertiary/aromatic N) is 5. The van der Waals surface area contributed by atoms with Crippen LogP contribution in [0.15, 0.2) is 35.1 Å². The van der Waals surface area contributed by atoms with E-state index in [2.05, 4.69) is 47.2 Å². The summed E-state index contributed by atoms with van der Waals surface area (Å²) >= 11 is 0. The van der Waals surface area contributed by atoms with Gasteiger partial charge in [-0.2, -0.15) is 4.98 Å². The Labute approximate surface area is 400 Å². The number of phosphoric acid groups is 1. The summed E-state index contributed by atoms with van der Waals surface area (Å²) in [7, 11) is -4.39. The number of H-pyrrole nitrogens is 1. The van der Waals surface area contributed by atoms with Crippen LogP contribution in [0.2, 0.25) is 0 Å². The van der Waals surface area contributed by atoms with Gasteiger partial charge >= 0.3 is 13.8 Å². The number of aromatic carboxylic acids is 1. The highest BCUT2D eigenvalue weighted by molar-refractivity contribution is 7.47. The molecule has 1 amide bonds. The van der Waals surface area contributed by atoms with Crippen LogP contribution in [0, 0.1) is 0 Å². The molecule has 0 bridgehead atoms. The van der Waals surface area contributed by atoms with E-state index in [1.807, 2.05) is 0 Å². The Bertz CT molecular complexity index is 3280. The minimum atomic E-state index is -4.39. The maximum Gasteiger partial charge on any atom is 0.472 e. The number of nitrogen functional groups attached to an aromatic ring is 1. The SMILES string of the molecule is Nc1nc2c(nc(NCCCCCCNC(=O)c3ccc(C(=O)O)c(C4=c5cc6c7c(c5Oc5c4cc4c8c5CCCN8CCC4)CCC[N+]=7CCC6)c3)n2[C@@H]2O[C@@H]3COP(=O)(O)O[C@H]3[C@H]2O)c(=O)[nH]1. The van der Waals surface area contributed by atoms with Crippen LogP contribution < -0.4 is 46.7 Å². The lowest BCUT2D eigenvalue weighted by Crippen LogP contribution is -2.45. The molecule has 0 aliphatic carbocycles. The van der Waals surface area contributed by atoms with Crippen molar-refractivity contribution >= 4 is 54.0 Å². The number of fused-ring (bicyclic) bond motifs is 6. The average molecular weight is 977 g/mol. The number of aliphatic hydroxyl groups is 1. The zero-order valence-electron chi connectivity index (χ0n) is 38.5. The number of anilines is 3. The summed E-state index contributed by atoms with van der Waals surface area (Å²) in [5.41, 5.74) is 14.2. The second kappa shape index (κ2) is 17.6. The second-order valence-electron chi connectivity index (χ2n) is 19.3. The van der Waals surface area contributed by atoms with Crippen molar-refractivity contribution in [1.82, 2.24) is 29.4 Å². The molecular formula is C49H55N9O11P+. The lowest BCUT2D eigenvalue weighted by Gasteiger charge is -2.39. The molecule has 5 aromatic rings. The molecule has 2 saturated heterocycles. The second-order valence-corrected chi connectivity index (χ2v) is 20.7. The van der Waals surface area contributed by atoms with Gasteiger partial charge in [0.2, 0.25) is 17.3 Å². The number of amides is 1. The number of carbonyl (C=O) groups excluding carboxylic acids is 1. The van der Waals surface area contributed by atoms with Gasteiger partial charge in [-0.05, 0) is 92.8 Å². The molecule has 9 heterocycles. The molecule has 7 aliphatic rings. The fraction of sp³-hybridized carbons (Fsp3) is 0.469. The maximum atomic E-state index is 14.0. The van der Waals surface area contributed by atoms with E-state index in [0.717, 1.165) is 118 Å². The van der Waals surface area contributed by atoms with Crippen molar-refractivity contribution in [3.63, 3.8) is 0 Å². The standard InChI is InChI=1S/C49H54N9O11P/c50-48-54-43-36(45(61)55-48)53-49(58(43)46-39(59)42-34(67-46)24-66-70(64,65)69-42)52-16-4-2-1-3-15-51-44(60)27-13-14-28(47(62)63)31(23-27)35-32-21-25-9-5-17-56-19-7-11-29(37(25)56)40(32)68-41-30-12-8-20-57-18-6-10-26(38(30)57)22-33(35)41/h13-14,21-23,34,39,42,46,59H,1-12,15-20,24H2,(H6-,50,51,52,53,54,55,60,61,62,63,64,65)/p+1/t34-,39-,42-,46-/m1/s1. The number of nitrogens with two attached hydrogens (primary N) is 1. The van der Waals surface area contributed by atoms with Gasteiger partial charge in [0, 0.05) is 77.8 Å². The first kappa shape index (κ1) is 45.0. The lowest BCUT2D eigenvalue weighted by molar-refractivity contribution is -0.0659. The quantitative estimate of drug-likeness (QED) is 0.0528.